The summed E-state index contributed by atoms with van der Waals surface area (Å²) in [5, 5.41) is 12.8. The maximum absolute atomic E-state index is 14.5. The second kappa shape index (κ2) is 7.92. The number of hydrogen-bond donors (Lipinski definition) is 0. The number of alkyl halides is 3. The Morgan fingerprint density at radius 1 is 1.21 bits per heavy atom. The van der Waals surface area contributed by atoms with E-state index in [0.717, 1.165) is 36.2 Å². The van der Waals surface area contributed by atoms with Gasteiger partial charge in [-0.25, -0.2) is 4.39 Å². The van der Waals surface area contributed by atoms with Crippen LogP contribution in [0.5, 0.6) is 0 Å². The van der Waals surface area contributed by atoms with Crippen LogP contribution in [0.3, 0.4) is 0 Å². The molecule has 1 saturated heterocycles. The number of halogens is 4. The van der Waals surface area contributed by atoms with Crippen LogP contribution < -0.4 is 0 Å². The Bertz CT molecular complexity index is 858. The van der Waals surface area contributed by atoms with Crippen LogP contribution in [0.4, 0.5) is 17.6 Å². The van der Waals surface area contributed by atoms with Crippen LogP contribution >= 0.6 is 0 Å². The molecular formula is C20H22F4N4. The predicted octanol–water partition coefficient (Wildman–Crippen LogP) is 4.77. The van der Waals surface area contributed by atoms with E-state index in [0.29, 0.717) is 13.0 Å². The number of nitriles is 1. The molecule has 2 heterocycles. The molecule has 150 valence electrons. The van der Waals surface area contributed by atoms with Crippen molar-refractivity contribution in [3.05, 3.63) is 41.8 Å². The molecule has 1 fully saturated rings. The van der Waals surface area contributed by atoms with E-state index in [4.69, 9.17) is 5.26 Å². The zero-order chi connectivity index (χ0) is 20.4. The Morgan fingerprint density at radius 2 is 1.93 bits per heavy atom. The summed E-state index contributed by atoms with van der Waals surface area (Å²) < 4.78 is 52.6. The van der Waals surface area contributed by atoms with Gasteiger partial charge in [0, 0.05) is 24.7 Å². The normalized spacial score (nSPS) is 17.4. The maximum Gasteiger partial charge on any atom is 0.408 e. The topological polar surface area (TPSA) is 44.9 Å². The average molecular weight is 394 g/mol. The molecule has 0 aliphatic carbocycles. The standard InChI is InChI=1S/C20H22F4N4/c1-19(5-8-25)6-10-27(11-7-19)13-15-2-3-16(17(21)12-15)18-4-9-28(26-18)14-20(22,23)24/h2-4,9,12H,5-7,10-11,13-14H2,1H3. The lowest BCUT2D eigenvalue weighted by atomic mass is 9.78. The smallest absolute Gasteiger partial charge is 0.299 e. The van der Waals surface area contributed by atoms with Crippen LogP contribution in [-0.2, 0) is 13.1 Å². The van der Waals surface area contributed by atoms with Gasteiger partial charge in [0.15, 0.2) is 0 Å². The highest BCUT2D eigenvalue weighted by atomic mass is 19.4. The minimum atomic E-state index is -4.37. The molecule has 0 radical (unpaired) electrons. The molecule has 1 aromatic heterocycles. The van der Waals surface area contributed by atoms with Crippen LogP contribution in [0.15, 0.2) is 30.5 Å². The highest BCUT2D eigenvalue weighted by Gasteiger charge is 2.30. The number of benzene rings is 1. The van der Waals surface area contributed by atoms with Crippen LogP contribution in [0.1, 0.15) is 31.7 Å². The minimum Gasteiger partial charge on any atom is -0.299 e. The number of nitrogens with zero attached hydrogens (tertiary/aromatic N) is 4. The lowest BCUT2D eigenvalue weighted by Crippen LogP contribution is -2.38. The zero-order valence-corrected chi connectivity index (χ0v) is 15.6. The Hall–Kier alpha value is -2.40. The third kappa shape index (κ3) is 5.10. The van der Waals surface area contributed by atoms with E-state index >= 15 is 0 Å². The molecule has 4 nitrogen and oxygen atoms in total. The molecule has 0 spiro atoms. The second-order valence-electron chi connectivity index (χ2n) is 7.75. The third-order valence-electron chi connectivity index (χ3n) is 5.27. The summed E-state index contributed by atoms with van der Waals surface area (Å²) in [5.41, 5.74) is 1.22. The van der Waals surface area contributed by atoms with Gasteiger partial charge in [0.25, 0.3) is 0 Å². The van der Waals surface area contributed by atoms with E-state index in [1.54, 1.807) is 12.1 Å². The first kappa shape index (κ1) is 20.3. The van der Waals surface area contributed by atoms with Crippen molar-refractivity contribution in [3.8, 4) is 17.3 Å². The SMILES string of the molecule is CC1(CC#N)CCN(Cc2ccc(-c3ccn(CC(F)(F)F)n3)c(F)c2)CC1. The highest BCUT2D eigenvalue weighted by molar-refractivity contribution is 5.59. The van der Waals surface area contributed by atoms with Gasteiger partial charge < -0.3 is 0 Å². The molecule has 1 aromatic carbocycles. The summed E-state index contributed by atoms with van der Waals surface area (Å²) in [7, 11) is 0. The van der Waals surface area contributed by atoms with Crippen molar-refractivity contribution in [1.82, 2.24) is 14.7 Å². The molecule has 28 heavy (non-hydrogen) atoms. The number of piperidine rings is 1. The predicted molar refractivity (Wildman–Crippen MR) is 96.5 cm³/mol. The van der Waals surface area contributed by atoms with Crippen molar-refractivity contribution in [2.24, 2.45) is 5.41 Å². The van der Waals surface area contributed by atoms with E-state index in [-0.39, 0.29) is 16.7 Å². The van der Waals surface area contributed by atoms with Gasteiger partial charge in [0.1, 0.15) is 12.4 Å². The molecule has 0 atom stereocenters. The summed E-state index contributed by atoms with van der Waals surface area (Å²) in [5.74, 6) is -0.499. The van der Waals surface area contributed by atoms with Crippen molar-refractivity contribution in [2.45, 2.75) is 45.5 Å². The van der Waals surface area contributed by atoms with Crippen LogP contribution in [-0.4, -0.2) is 33.9 Å². The van der Waals surface area contributed by atoms with Gasteiger partial charge in [0.05, 0.1) is 11.8 Å². The summed E-state index contributed by atoms with van der Waals surface area (Å²) in [4.78, 5) is 2.23. The fourth-order valence-electron chi connectivity index (χ4n) is 3.52. The van der Waals surface area contributed by atoms with E-state index in [1.807, 2.05) is 0 Å². The monoisotopic (exact) mass is 394 g/mol. The highest BCUT2D eigenvalue weighted by Crippen LogP contribution is 2.34. The van der Waals surface area contributed by atoms with Crippen molar-refractivity contribution < 1.29 is 17.6 Å². The number of likely N-dealkylation sites (tertiary alicyclic amines) is 1. The molecule has 0 unspecified atom stereocenters. The maximum atomic E-state index is 14.5. The van der Waals surface area contributed by atoms with E-state index in [9.17, 15) is 17.6 Å². The molecular weight excluding hydrogens is 372 g/mol. The second-order valence-corrected chi connectivity index (χ2v) is 7.75. The van der Waals surface area contributed by atoms with Gasteiger partial charge in [-0.05, 0) is 55.1 Å². The van der Waals surface area contributed by atoms with Gasteiger partial charge in [-0.1, -0.05) is 13.0 Å². The molecule has 0 N–H and O–H groups in total. The minimum absolute atomic E-state index is 0.0512. The number of aromatic nitrogens is 2. The van der Waals surface area contributed by atoms with Gasteiger partial charge in [-0.2, -0.15) is 23.5 Å². The summed E-state index contributed by atoms with van der Waals surface area (Å²) >= 11 is 0. The van der Waals surface area contributed by atoms with Crippen molar-refractivity contribution in [2.75, 3.05) is 13.1 Å². The lowest BCUT2D eigenvalue weighted by molar-refractivity contribution is -0.142. The van der Waals surface area contributed by atoms with Crippen LogP contribution in [0.2, 0.25) is 0 Å². The molecule has 2 aromatic rings. The average Bonchev–Trinajstić information content (AvgIpc) is 3.03. The first-order valence-corrected chi connectivity index (χ1v) is 9.16. The number of rotatable bonds is 5. The molecule has 8 heteroatoms. The largest absolute Gasteiger partial charge is 0.408 e. The molecule has 0 saturated carbocycles. The first-order valence-electron chi connectivity index (χ1n) is 9.16. The van der Waals surface area contributed by atoms with Gasteiger partial charge in [-0.15, -0.1) is 0 Å². The Balaban J connectivity index is 1.64. The van der Waals surface area contributed by atoms with Crippen molar-refractivity contribution in [3.63, 3.8) is 0 Å². The quantitative estimate of drug-likeness (QED) is 0.687. The van der Waals surface area contributed by atoms with Crippen LogP contribution in [0.25, 0.3) is 11.3 Å². The van der Waals surface area contributed by atoms with Gasteiger partial charge >= 0.3 is 6.18 Å². The van der Waals surface area contributed by atoms with E-state index in [1.165, 1.54) is 18.3 Å². The van der Waals surface area contributed by atoms with Crippen molar-refractivity contribution >= 4 is 0 Å². The molecule has 0 bridgehead atoms. The fraction of sp³-hybridized carbons (Fsp3) is 0.500. The Morgan fingerprint density at radius 3 is 2.54 bits per heavy atom. The lowest BCUT2D eigenvalue weighted by Gasteiger charge is -2.38. The number of hydrogen-bond acceptors (Lipinski definition) is 3. The Labute approximate surface area is 161 Å². The third-order valence-corrected chi connectivity index (χ3v) is 5.27. The van der Waals surface area contributed by atoms with Crippen molar-refractivity contribution in [1.29, 1.82) is 5.26 Å². The first-order chi connectivity index (χ1) is 13.2. The molecule has 1 aliphatic heterocycles. The summed E-state index contributed by atoms with van der Waals surface area (Å²) in [6, 6.07) is 8.39. The van der Waals surface area contributed by atoms with Crippen LogP contribution in [0, 0.1) is 22.6 Å². The summed E-state index contributed by atoms with van der Waals surface area (Å²) in [6.07, 6.45) is -0.772. The molecule has 1 aliphatic rings. The fourth-order valence-corrected chi connectivity index (χ4v) is 3.52. The van der Waals surface area contributed by atoms with E-state index < -0.39 is 18.5 Å². The summed E-state index contributed by atoms with van der Waals surface area (Å²) in [6.45, 7) is 3.22. The Kier molecular flexibility index (Phi) is 5.75. The molecule has 3 rings (SSSR count). The molecule has 0 amide bonds. The van der Waals surface area contributed by atoms with Gasteiger partial charge in [0.2, 0.25) is 0 Å². The van der Waals surface area contributed by atoms with E-state index in [2.05, 4.69) is 23.0 Å². The zero-order valence-electron chi connectivity index (χ0n) is 15.6. The van der Waals surface area contributed by atoms with Gasteiger partial charge in [-0.3, -0.25) is 9.58 Å².